The lowest BCUT2D eigenvalue weighted by Crippen LogP contribution is -2.20. The number of aromatic nitrogens is 2. The minimum atomic E-state index is -0.224. The highest BCUT2D eigenvalue weighted by Gasteiger charge is 2.15. The van der Waals surface area contributed by atoms with Crippen molar-refractivity contribution in [2.75, 3.05) is 0 Å². The standard InChI is InChI=1S/C21H13ClN4OS/c1-13-25-20-19(18(12-28-20)16-6-8-17(22)9-7-16)21(27)26(13)24-11-15-4-2-14(10-23)3-5-15/h2-9,11-12H,1H3. The molecular formula is C21H13ClN4OS. The van der Waals surface area contributed by atoms with Gasteiger partial charge in [0, 0.05) is 16.0 Å². The van der Waals surface area contributed by atoms with Crippen LogP contribution in [0.3, 0.4) is 0 Å². The number of benzene rings is 2. The molecule has 5 nitrogen and oxygen atoms in total. The molecule has 0 unspecified atom stereocenters. The van der Waals surface area contributed by atoms with Gasteiger partial charge in [-0.1, -0.05) is 35.9 Å². The minimum absolute atomic E-state index is 0.224. The Morgan fingerprint density at radius 3 is 2.57 bits per heavy atom. The van der Waals surface area contributed by atoms with Crippen LogP contribution in [0.1, 0.15) is 17.0 Å². The molecule has 0 N–H and O–H groups in total. The third-order valence-corrected chi connectivity index (χ3v) is 5.39. The fraction of sp³-hybridized carbons (Fsp3) is 0.0476. The summed E-state index contributed by atoms with van der Waals surface area (Å²) in [5.74, 6) is 0.506. The van der Waals surface area contributed by atoms with Gasteiger partial charge in [-0.2, -0.15) is 15.0 Å². The van der Waals surface area contributed by atoms with E-state index >= 15 is 0 Å². The van der Waals surface area contributed by atoms with Gasteiger partial charge in [0.25, 0.3) is 5.56 Å². The van der Waals surface area contributed by atoms with E-state index < -0.39 is 0 Å². The number of fused-ring (bicyclic) bond motifs is 1. The largest absolute Gasteiger partial charge is 0.283 e. The summed E-state index contributed by atoms with van der Waals surface area (Å²) in [6.45, 7) is 1.75. The van der Waals surface area contributed by atoms with Crippen molar-refractivity contribution in [1.29, 1.82) is 5.26 Å². The zero-order valence-electron chi connectivity index (χ0n) is 14.8. The molecular weight excluding hydrogens is 392 g/mol. The average Bonchev–Trinajstić information content (AvgIpc) is 3.12. The van der Waals surface area contributed by atoms with Crippen molar-refractivity contribution in [2.24, 2.45) is 5.10 Å². The quantitative estimate of drug-likeness (QED) is 0.458. The lowest BCUT2D eigenvalue weighted by Gasteiger charge is -2.05. The first-order chi connectivity index (χ1) is 13.6. The Balaban J connectivity index is 1.81. The van der Waals surface area contributed by atoms with Crippen LogP contribution in [0, 0.1) is 18.3 Å². The summed E-state index contributed by atoms with van der Waals surface area (Å²) < 4.78 is 1.30. The maximum Gasteiger partial charge on any atom is 0.283 e. The van der Waals surface area contributed by atoms with E-state index in [1.54, 1.807) is 49.5 Å². The molecule has 2 heterocycles. The molecule has 136 valence electrons. The maximum absolute atomic E-state index is 13.1. The van der Waals surface area contributed by atoms with Gasteiger partial charge in [0.05, 0.1) is 23.2 Å². The monoisotopic (exact) mass is 404 g/mol. The summed E-state index contributed by atoms with van der Waals surface area (Å²) >= 11 is 7.40. The van der Waals surface area contributed by atoms with Crippen molar-refractivity contribution in [1.82, 2.24) is 9.66 Å². The van der Waals surface area contributed by atoms with Crippen LogP contribution < -0.4 is 5.56 Å². The fourth-order valence-corrected chi connectivity index (χ4v) is 3.94. The Hall–Kier alpha value is -3.27. The molecule has 0 fully saturated rings. The van der Waals surface area contributed by atoms with Crippen LogP contribution in [0.4, 0.5) is 0 Å². The zero-order chi connectivity index (χ0) is 19.7. The number of hydrogen-bond acceptors (Lipinski definition) is 5. The van der Waals surface area contributed by atoms with Crippen LogP contribution in [0.2, 0.25) is 5.02 Å². The molecule has 0 atom stereocenters. The van der Waals surface area contributed by atoms with Gasteiger partial charge in [-0.05, 0) is 42.3 Å². The van der Waals surface area contributed by atoms with E-state index in [0.29, 0.717) is 26.6 Å². The van der Waals surface area contributed by atoms with E-state index in [1.165, 1.54) is 16.0 Å². The second-order valence-corrected chi connectivity index (χ2v) is 7.39. The lowest BCUT2D eigenvalue weighted by atomic mass is 10.1. The van der Waals surface area contributed by atoms with E-state index in [2.05, 4.69) is 16.2 Å². The number of nitrogens with zero attached hydrogens (tertiary/aromatic N) is 4. The Labute approximate surface area is 169 Å². The van der Waals surface area contributed by atoms with Crippen LogP contribution in [0.15, 0.2) is 63.8 Å². The topological polar surface area (TPSA) is 71.0 Å². The number of nitriles is 1. The fourth-order valence-electron chi connectivity index (χ4n) is 2.83. The van der Waals surface area contributed by atoms with Gasteiger partial charge in [0.15, 0.2) is 0 Å². The second-order valence-electron chi connectivity index (χ2n) is 6.09. The summed E-state index contributed by atoms with van der Waals surface area (Å²) in [6, 6.07) is 16.4. The Morgan fingerprint density at radius 2 is 1.89 bits per heavy atom. The summed E-state index contributed by atoms with van der Waals surface area (Å²) in [4.78, 5) is 18.4. The van der Waals surface area contributed by atoms with E-state index in [0.717, 1.165) is 16.7 Å². The summed E-state index contributed by atoms with van der Waals surface area (Å²) in [7, 11) is 0. The third kappa shape index (κ3) is 3.33. The predicted molar refractivity (Wildman–Crippen MR) is 113 cm³/mol. The van der Waals surface area contributed by atoms with Gasteiger partial charge in [-0.15, -0.1) is 11.3 Å². The van der Waals surface area contributed by atoms with E-state index in [1.807, 2.05) is 17.5 Å². The summed E-state index contributed by atoms with van der Waals surface area (Å²) in [6.07, 6.45) is 1.58. The second kappa shape index (κ2) is 7.39. The molecule has 4 rings (SSSR count). The molecule has 0 aliphatic rings. The molecule has 0 aliphatic heterocycles. The highest BCUT2D eigenvalue weighted by atomic mass is 35.5. The normalized spacial score (nSPS) is 11.2. The zero-order valence-corrected chi connectivity index (χ0v) is 16.3. The highest BCUT2D eigenvalue weighted by Crippen LogP contribution is 2.31. The van der Waals surface area contributed by atoms with Gasteiger partial charge >= 0.3 is 0 Å². The SMILES string of the molecule is Cc1nc2scc(-c3ccc(Cl)cc3)c2c(=O)n1N=Cc1ccc(C#N)cc1. The number of thiophene rings is 1. The van der Waals surface area contributed by atoms with Crippen molar-refractivity contribution in [2.45, 2.75) is 6.92 Å². The Bertz CT molecular complexity index is 1300. The summed E-state index contributed by atoms with van der Waals surface area (Å²) in [5, 5.41) is 16.3. The predicted octanol–water partition coefficient (Wildman–Crippen LogP) is 4.84. The molecule has 4 aromatic rings. The van der Waals surface area contributed by atoms with Crippen molar-refractivity contribution in [3.8, 4) is 17.2 Å². The number of rotatable bonds is 3. The molecule has 0 spiro atoms. The van der Waals surface area contributed by atoms with E-state index in [4.69, 9.17) is 16.9 Å². The average molecular weight is 405 g/mol. The van der Waals surface area contributed by atoms with Crippen molar-refractivity contribution in [3.63, 3.8) is 0 Å². The molecule has 0 amide bonds. The van der Waals surface area contributed by atoms with Gasteiger partial charge in [0.2, 0.25) is 0 Å². The molecule has 0 saturated carbocycles. The van der Waals surface area contributed by atoms with Crippen LogP contribution in [-0.4, -0.2) is 15.9 Å². The van der Waals surface area contributed by atoms with Gasteiger partial charge < -0.3 is 0 Å². The van der Waals surface area contributed by atoms with E-state index in [-0.39, 0.29) is 5.56 Å². The van der Waals surface area contributed by atoms with E-state index in [9.17, 15) is 4.79 Å². The van der Waals surface area contributed by atoms with Gasteiger partial charge in [-0.3, -0.25) is 4.79 Å². The Morgan fingerprint density at radius 1 is 1.18 bits per heavy atom. The molecule has 28 heavy (non-hydrogen) atoms. The Kier molecular flexibility index (Phi) is 4.78. The number of aryl methyl sites for hydroxylation is 1. The van der Waals surface area contributed by atoms with Crippen LogP contribution in [0.25, 0.3) is 21.3 Å². The summed E-state index contributed by atoms with van der Waals surface area (Å²) in [5.41, 5.74) is 2.85. The van der Waals surface area contributed by atoms with Crippen LogP contribution in [0.5, 0.6) is 0 Å². The van der Waals surface area contributed by atoms with Gasteiger partial charge in [0.1, 0.15) is 10.7 Å². The molecule has 2 aromatic carbocycles. The lowest BCUT2D eigenvalue weighted by molar-refractivity contribution is 0.772. The molecule has 0 bridgehead atoms. The molecule has 0 radical (unpaired) electrons. The maximum atomic E-state index is 13.1. The van der Waals surface area contributed by atoms with Crippen molar-refractivity contribution in [3.05, 3.63) is 86.2 Å². The van der Waals surface area contributed by atoms with Crippen molar-refractivity contribution >= 4 is 39.4 Å². The first kappa shape index (κ1) is 18.1. The van der Waals surface area contributed by atoms with Crippen LogP contribution in [-0.2, 0) is 0 Å². The minimum Gasteiger partial charge on any atom is -0.267 e. The first-order valence-electron chi connectivity index (χ1n) is 8.38. The van der Waals surface area contributed by atoms with Crippen molar-refractivity contribution < 1.29 is 0 Å². The molecule has 0 aliphatic carbocycles. The molecule has 0 saturated heterocycles. The third-order valence-electron chi connectivity index (χ3n) is 4.27. The molecule has 7 heteroatoms. The molecule has 2 aromatic heterocycles. The smallest absolute Gasteiger partial charge is 0.267 e. The first-order valence-corrected chi connectivity index (χ1v) is 9.64. The van der Waals surface area contributed by atoms with Gasteiger partial charge in [-0.25, -0.2) is 4.98 Å². The van der Waals surface area contributed by atoms with Crippen LogP contribution >= 0.6 is 22.9 Å². The number of halogens is 1. The highest BCUT2D eigenvalue weighted by molar-refractivity contribution is 7.17. The number of hydrogen-bond donors (Lipinski definition) is 0.